The van der Waals surface area contributed by atoms with Gasteiger partial charge in [0, 0.05) is 37.9 Å². The van der Waals surface area contributed by atoms with Crippen LogP contribution in [0.15, 0.2) is 102 Å². The molecule has 7 nitrogen and oxygen atoms in total. The van der Waals surface area contributed by atoms with E-state index in [-0.39, 0.29) is 31.3 Å². The number of hydrogen-bond acceptors (Lipinski definition) is 4. The molecule has 4 aromatic rings. The first-order valence-electron chi connectivity index (χ1n) is 14.1. The van der Waals surface area contributed by atoms with Gasteiger partial charge in [0.25, 0.3) is 10.0 Å². The summed E-state index contributed by atoms with van der Waals surface area (Å²) in [5.74, 6) is -0.377. The second-order valence-corrected chi connectivity index (χ2v) is 12.1. The minimum absolute atomic E-state index is 0.109. The average Bonchev–Trinajstić information content (AvgIpc) is 3.21. The zero-order valence-electron chi connectivity index (χ0n) is 23.2. The molecule has 0 aromatic heterocycles. The number of amides is 2. The SMILES string of the molecule is CCCNC(=O)C(Cc1ccccc1)N(Cc1ccccc1)C(=O)CCCN1c2cccc3cccc(c23)S1(=O)=O. The molecule has 5 rings (SSSR count). The maximum Gasteiger partial charge on any atom is 0.265 e. The summed E-state index contributed by atoms with van der Waals surface area (Å²) in [6.07, 6.45) is 1.60. The number of nitrogens with zero attached hydrogens (tertiary/aromatic N) is 2. The lowest BCUT2D eigenvalue weighted by atomic mass is 10.0. The van der Waals surface area contributed by atoms with Gasteiger partial charge in [-0.3, -0.25) is 13.9 Å². The molecule has 0 saturated heterocycles. The summed E-state index contributed by atoms with van der Waals surface area (Å²) in [6, 6.07) is 29.5. The van der Waals surface area contributed by atoms with Gasteiger partial charge < -0.3 is 10.2 Å². The molecule has 0 spiro atoms. The molecule has 1 heterocycles. The van der Waals surface area contributed by atoms with Crippen molar-refractivity contribution in [3.63, 3.8) is 0 Å². The summed E-state index contributed by atoms with van der Waals surface area (Å²) in [6.45, 7) is 2.97. The highest BCUT2D eigenvalue weighted by molar-refractivity contribution is 7.93. The molecule has 1 aliphatic heterocycles. The molecule has 0 aliphatic carbocycles. The third-order valence-electron chi connectivity index (χ3n) is 7.45. The van der Waals surface area contributed by atoms with Crippen molar-refractivity contribution < 1.29 is 18.0 Å². The van der Waals surface area contributed by atoms with Crippen LogP contribution in [0.3, 0.4) is 0 Å². The summed E-state index contributed by atoms with van der Waals surface area (Å²) < 4.78 is 28.2. The summed E-state index contributed by atoms with van der Waals surface area (Å²) in [5.41, 5.74) is 2.53. The molecule has 0 bridgehead atoms. The van der Waals surface area contributed by atoms with Crippen molar-refractivity contribution >= 4 is 38.3 Å². The van der Waals surface area contributed by atoms with Crippen LogP contribution in [0, 0.1) is 0 Å². The van der Waals surface area contributed by atoms with Crippen LogP contribution in [0.4, 0.5) is 5.69 Å². The number of nitrogens with one attached hydrogen (secondary N) is 1. The van der Waals surface area contributed by atoms with Gasteiger partial charge in [-0.25, -0.2) is 8.42 Å². The fourth-order valence-corrected chi connectivity index (χ4v) is 7.17. The summed E-state index contributed by atoms with van der Waals surface area (Å²) in [7, 11) is -3.70. The van der Waals surface area contributed by atoms with Crippen molar-refractivity contribution in [2.24, 2.45) is 0 Å². The van der Waals surface area contributed by atoms with Gasteiger partial charge in [0.15, 0.2) is 0 Å². The number of carbonyl (C=O) groups excluding carboxylic acids is 2. The molecule has 1 aliphatic rings. The predicted molar refractivity (Wildman–Crippen MR) is 162 cm³/mol. The van der Waals surface area contributed by atoms with Crippen molar-refractivity contribution in [1.29, 1.82) is 0 Å². The lowest BCUT2D eigenvalue weighted by Crippen LogP contribution is -2.50. The van der Waals surface area contributed by atoms with Crippen LogP contribution in [0.5, 0.6) is 0 Å². The average molecular weight is 570 g/mol. The maximum absolute atomic E-state index is 13.9. The second-order valence-electron chi connectivity index (χ2n) is 10.3. The fourth-order valence-electron chi connectivity index (χ4n) is 5.42. The van der Waals surface area contributed by atoms with Crippen molar-refractivity contribution in [2.75, 3.05) is 17.4 Å². The van der Waals surface area contributed by atoms with Gasteiger partial charge in [-0.05, 0) is 41.5 Å². The standard InChI is InChI=1S/C33H35N3O4S/c1-2-21-34-33(38)29(23-25-12-5-3-6-13-25)35(24-26-14-7-4-8-15-26)31(37)20-11-22-36-28-18-9-16-27-17-10-19-30(32(27)28)41(36,39)40/h3-10,12-19,29H,2,11,20-24H2,1H3,(H,34,38). The Morgan fingerprint density at radius 2 is 1.51 bits per heavy atom. The van der Waals surface area contributed by atoms with Crippen molar-refractivity contribution in [1.82, 2.24) is 10.2 Å². The van der Waals surface area contributed by atoms with E-state index in [1.807, 2.05) is 91.9 Å². The Hall–Kier alpha value is -4.17. The second kappa shape index (κ2) is 12.6. The minimum Gasteiger partial charge on any atom is -0.354 e. The molecule has 4 aromatic carbocycles. The lowest BCUT2D eigenvalue weighted by molar-refractivity contribution is -0.141. The Labute approximate surface area is 241 Å². The van der Waals surface area contributed by atoms with Crippen molar-refractivity contribution in [3.05, 3.63) is 108 Å². The van der Waals surface area contributed by atoms with Crippen LogP contribution < -0.4 is 9.62 Å². The number of sulfonamides is 1. The Balaban J connectivity index is 1.37. The fraction of sp³-hybridized carbons (Fsp3) is 0.273. The first kappa shape index (κ1) is 28.4. The lowest BCUT2D eigenvalue weighted by Gasteiger charge is -2.32. The Bertz CT molecular complexity index is 1620. The highest BCUT2D eigenvalue weighted by Crippen LogP contribution is 2.42. The monoisotopic (exact) mass is 569 g/mol. The van der Waals surface area contributed by atoms with Crippen LogP contribution in [-0.4, -0.2) is 44.3 Å². The number of anilines is 1. The largest absolute Gasteiger partial charge is 0.354 e. The maximum atomic E-state index is 13.9. The zero-order valence-corrected chi connectivity index (χ0v) is 24.0. The predicted octanol–water partition coefficient (Wildman–Crippen LogP) is 5.30. The van der Waals surface area contributed by atoms with E-state index in [4.69, 9.17) is 0 Å². The van der Waals surface area contributed by atoms with Crippen molar-refractivity contribution in [3.8, 4) is 0 Å². The molecule has 41 heavy (non-hydrogen) atoms. The van der Waals surface area contributed by atoms with E-state index < -0.39 is 16.1 Å². The van der Waals surface area contributed by atoms with E-state index in [0.29, 0.717) is 30.0 Å². The molecule has 0 saturated carbocycles. The summed E-state index contributed by atoms with van der Waals surface area (Å²) in [5, 5.41) is 4.58. The van der Waals surface area contributed by atoms with E-state index in [1.165, 1.54) is 4.31 Å². The summed E-state index contributed by atoms with van der Waals surface area (Å²) in [4.78, 5) is 29.3. The number of rotatable bonds is 12. The van der Waals surface area contributed by atoms with Gasteiger partial charge in [-0.1, -0.05) is 91.9 Å². The minimum atomic E-state index is -3.70. The highest BCUT2D eigenvalue weighted by Gasteiger charge is 2.36. The van der Waals surface area contributed by atoms with E-state index >= 15 is 0 Å². The van der Waals surface area contributed by atoms with E-state index in [0.717, 1.165) is 28.3 Å². The van der Waals surface area contributed by atoms with Crippen LogP contribution in [0.1, 0.15) is 37.3 Å². The number of benzene rings is 4. The quantitative estimate of drug-likeness (QED) is 0.251. The molecule has 0 radical (unpaired) electrons. The van der Waals surface area contributed by atoms with Crippen LogP contribution in [0.2, 0.25) is 0 Å². The zero-order chi connectivity index (χ0) is 28.8. The van der Waals surface area contributed by atoms with Gasteiger partial charge in [0.2, 0.25) is 11.8 Å². The Kier molecular flexibility index (Phi) is 8.69. The first-order chi connectivity index (χ1) is 19.9. The van der Waals surface area contributed by atoms with Crippen LogP contribution in [0.25, 0.3) is 10.8 Å². The third-order valence-corrected chi connectivity index (χ3v) is 9.30. The molecule has 2 amide bonds. The molecule has 1 N–H and O–H groups in total. The molecule has 0 fully saturated rings. The van der Waals surface area contributed by atoms with Crippen LogP contribution in [-0.2, 0) is 32.6 Å². The Morgan fingerprint density at radius 1 is 0.854 bits per heavy atom. The van der Waals surface area contributed by atoms with Gasteiger partial charge in [-0.2, -0.15) is 0 Å². The van der Waals surface area contributed by atoms with E-state index in [9.17, 15) is 18.0 Å². The molecule has 8 heteroatoms. The Morgan fingerprint density at radius 3 is 2.20 bits per heavy atom. The highest BCUT2D eigenvalue weighted by atomic mass is 32.2. The first-order valence-corrected chi connectivity index (χ1v) is 15.5. The van der Waals surface area contributed by atoms with E-state index in [2.05, 4.69) is 5.32 Å². The smallest absolute Gasteiger partial charge is 0.265 e. The summed E-state index contributed by atoms with van der Waals surface area (Å²) >= 11 is 0. The molecular formula is C33H35N3O4S. The molecule has 1 unspecified atom stereocenters. The normalized spacial score (nSPS) is 14.1. The topological polar surface area (TPSA) is 86.8 Å². The van der Waals surface area contributed by atoms with Crippen LogP contribution >= 0.6 is 0 Å². The third kappa shape index (κ3) is 6.12. The number of carbonyl (C=O) groups is 2. The van der Waals surface area contributed by atoms with E-state index in [1.54, 1.807) is 17.0 Å². The molecular weight excluding hydrogens is 534 g/mol. The molecule has 1 atom stereocenters. The van der Waals surface area contributed by atoms with Gasteiger partial charge in [0.1, 0.15) is 6.04 Å². The number of hydrogen-bond donors (Lipinski definition) is 1. The van der Waals surface area contributed by atoms with Crippen molar-refractivity contribution in [2.45, 2.75) is 50.1 Å². The van der Waals surface area contributed by atoms with Gasteiger partial charge >= 0.3 is 0 Å². The van der Waals surface area contributed by atoms with Gasteiger partial charge in [-0.15, -0.1) is 0 Å². The van der Waals surface area contributed by atoms with Gasteiger partial charge in [0.05, 0.1) is 10.6 Å². The molecule has 212 valence electrons.